The zero-order valence-electron chi connectivity index (χ0n) is 8.22. The normalized spacial score (nSPS) is 17.9. The lowest BCUT2D eigenvalue weighted by Gasteiger charge is -2.15. The molecule has 1 aliphatic carbocycles. The standard InChI is InChI=1S/C11H14FNO/c1-14-10-4-2-3-9(8(10)7-12)11(13)5-6-11/h2-4H,5-7,13H2,1H3. The lowest BCUT2D eigenvalue weighted by atomic mass is 9.99. The van der Waals surface area contributed by atoms with Gasteiger partial charge in [0, 0.05) is 11.1 Å². The molecule has 1 saturated carbocycles. The smallest absolute Gasteiger partial charge is 0.125 e. The van der Waals surface area contributed by atoms with Gasteiger partial charge in [-0.2, -0.15) is 0 Å². The maximum Gasteiger partial charge on any atom is 0.125 e. The SMILES string of the molecule is COc1cccc(C2(N)CC2)c1CF. The van der Waals surface area contributed by atoms with Gasteiger partial charge in [0.05, 0.1) is 7.11 Å². The fourth-order valence-corrected chi connectivity index (χ4v) is 1.77. The minimum Gasteiger partial charge on any atom is -0.496 e. The Morgan fingerprint density at radius 1 is 1.50 bits per heavy atom. The molecule has 1 aromatic rings. The molecular weight excluding hydrogens is 181 g/mol. The molecule has 0 heterocycles. The zero-order valence-corrected chi connectivity index (χ0v) is 8.22. The number of hydrogen-bond acceptors (Lipinski definition) is 2. The largest absolute Gasteiger partial charge is 0.496 e. The third-order valence-corrected chi connectivity index (χ3v) is 2.81. The van der Waals surface area contributed by atoms with Crippen molar-refractivity contribution in [2.45, 2.75) is 25.1 Å². The predicted octanol–water partition coefficient (Wildman–Crippen LogP) is 2.11. The molecule has 14 heavy (non-hydrogen) atoms. The van der Waals surface area contributed by atoms with Crippen LogP contribution in [-0.2, 0) is 12.2 Å². The van der Waals surface area contributed by atoms with Crippen molar-refractivity contribution in [2.24, 2.45) is 5.73 Å². The molecule has 1 aliphatic rings. The van der Waals surface area contributed by atoms with Crippen LogP contribution in [-0.4, -0.2) is 7.11 Å². The van der Waals surface area contributed by atoms with Crippen molar-refractivity contribution in [3.8, 4) is 5.75 Å². The monoisotopic (exact) mass is 195 g/mol. The molecule has 0 atom stereocenters. The van der Waals surface area contributed by atoms with Crippen LogP contribution in [0.1, 0.15) is 24.0 Å². The molecule has 1 aromatic carbocycles. The molecule has 0 radical (unpaired) electrons. The highest BCUT2D eigenvalue weighted by Gasteiger charge is 2.42. The fourth-order valence-electron chi connectivity index (χ4n) is 1.77. The van der Waals surface area contributed by atoms with Crippen molar-refractivity contribution in [1.82, 2.24) is 0 Å². The van der Waals surface area contributed by atoms with E-state index in [0.29, 0.717) is 11.3 Å². The Hall–Kier alpha value is -1.09. The topological polar surface area (TPSA) is 35.2 Å². The third kappa shape index (κ3) is 1.38. The van der Waals surface area contributed by atoms with E-state index in [1.165, 1.54) is 0 Å². The van der Waals surface area contributed by atoms with E-state index in [-0.39, 0.29) is 5.54 Å². The van der Waals surface area contributed by atoms with Crippen LogP contribution in [0.2, 0.25) is 0 Å². The van der Waals surface area contributed by atoms with Gasteiger partial charge in [0.1, 0.15) is 12.4 Å². The molecule has 3 heteroatoms. The van der Waals surface area contributed by atoms with E-state index >= 15 is 0 Å². The van der Waals surface area contributed by atoms with E-state index in [4.69, 9.17) is 10.5 Å². The molecule has 76 valence electrons. The second-order valence-electron chi connectivity index (χ2n) is 3.78. The Morgan fingerprint density at radius 2 is 2.21 bits per heavy atom. The van der Waals surface area contributed by atoms with Crippen molar-refractivity contribution in [3.63, 3.8) is 0 Å². The molecule has 1 fully saturated rings. The predicted molar refractivity (Wildman–Crippen MR) is 52.9 cm³/mol. The molecule has 0 amide bonds. The number of methoxy groups -OCH3 is 1. The van der Waals surface area contributed by atoms with Gasteiger partial charge < -0.3 is 10.5 Å². The Kier molecular flexibility index (Phi) is 2.19. The summed E-state index contributed by atoms with van der Waals surface area (Å²) in [6.45, 7) is -0.516. The van der Waals surface area contributed by atoms with Crippen molar-refractivity contribution in [2.75, 3.05) is 7.11 Å². The highest BCUT2D eigenvalue weighted by Crippen LogP contribution is 2.45. The molecule has 0 aliphatic heterocycles. The number of halogens is 1. The van der Waals surface area contributed by atoms with Gasteiger partial charge in [0.15, 0.2) is 0 Å². The first kappa shape index (κ1) is 9.46. The quantitative estimate of drug-likeness (QED) is 0.801. The number of hydrogen-bond donors (Lipinski definition) is 1. The van der Waals surface area contributed by atoms with E-state index in [2.05, 4.69) is 0 Å². The summed E-state index contributed by atoms with van der Waals surface area (Å²) in [5, 5.41) is 0. The highest BCUT2D eigenvalue weighted by molar-refractivity contribution is 5.45. The van der Waals surface area contributed by atoms with Gasteiger partial charge in [-0.05, 0) is 24.5 Å². The van der Waals surface area contributed by atoms with Crippen LogP contribution in [0.3, 0.4) is 0 Å². The Bertz CT molecular complexity index is 347. The summed E-state index contributed by atoms with van der Waals surface area (Å²) in [7, 11) is 1.55. The van der Waals surface area contributed by atoms with Crippen molar-refractivity contribution in [3.05, 3.63) is 29.3 Å². The number of ether oxygens (including phenoxy) is 1. The van der Waals surface area contributed by atoms with Crippen LogP contribution < -0.4 is 10.5 Å². The van der Waals surface area contributed by atoms with Gasteiger partial charge in [0.25, 0.3) is 0 Å². The minimum atomic E-state index is -0.516. The molecule has 2 N–H and O–H groups in total. The molecule has 0 bridgehead atoms. The van der Waals surface area contributed by atoms with Crippen LogP contribution in [0.25, 0.3) is 0 Å². The zero-order chi connectivity index (χ0) is 10.2. The maximum absolute atomic E-state index is 12.9. The summed E-state index contributed by atoms with van der Waals surface area (Å²) >= 11 is 0. The van der Waals surface area contributed by atoms with Crippen LogP contribution >= 0.6 is 0 Å². The maximum atomic E-state index is 12.9. The molecule has 0 aromatic heterocycles. The van der Waals surface area contributed by atoms with Crippen molar-refractivity contribution >= 4 is 0 Å². The molecular formula is C11H14FNO. The number of alkyl halides is 1. The summed E-state index contributed by atoms with van der Waals surface area (Å²) in [4.78, 5) is 0. The van der Waals surface area contributed by atoms with Crippen LogP contribution in [0, 0.1) is 0 Å². The highest BCUT2D eigenvalue weighted by atomic mass is 19.1. The van der Waals surface area contributed by atoms with E-state index < -0.39 is 6.67 Å². The average molecular weight is 195 g/mol. The first-order valence-corrected chi connectivity index (χ1v) is 4.72. The lowest BCUT2D eigenvalue weighted by molar-refractivity contribution is 0.391. The fraction of sp³-hybridized carbons (Fsp3) is 0.455. The van der Waals surface area contributed by atoms with Gasteiger partial charge in [-0.25, -0.2) is 4.39 Å². The first-order valence-electron chi connectivity index (χ1n) is 4.72. The summed E-state index contributed by atoms with van der Waals surface area (Å²) in [6.07, 6.45) is 1.88. The molecule has 0 unspecified atom stereocenters. The second kappa shape index (κ2) is 3.24. The van der Waals surface area contributed by atoms with Crippen LogP contribution in [0.4, 0.5) is 4.39 Å². The van der Waals surface area contributed by atoms with Gasteiger partial charge in [0.2, 0.25) is 0 Å². The molecule has 2 nitrogen and oxygen atoms in total. The number of rotatable bonds is 3. The van der Waals surface area contributed by atoms with E-state index in [1.54, 1.807) is 13.2 Å². The summed E-state index contributed by atoms with van der Waals surface area (Å²) < 4.78 is 18.0. The van der Waals surface area contributed by atoms with Gasteiger partial charge in [-0.1, -0.05) is 12.1 Å². The summed E-state index contributed by atoms with van der Waals surface area (Å²) in [6, 6.07) is 5.52. The summed E-state index contributed by atoms with van der Waals surface area (Å²) in [5.41, 5.74) is 7.26. The summed E-state index contributed by atoms with van der Waals surface area (Å²) in [5.74, 6) is 0.599. The Balaban J connectivity index is 2.48. The lowest BCUT2D eigenvalue weighted by Crippen LogP contribution is -2.20. The van der Waals surface area contributed by atoms with Crippen LogP contribution in [0.5, 0.6) is 5.75 Å². The number of benzene rings is 1. The van der Waals surface area contributed by atoms with Crippen molar-refractivity contribution in [1.29, 1.82) is 0 Å². The van der Waals surface area contributed by atoms with Gasteiger partial charge in [-0.3, -0.25) is 0 Å². The first-order chi connectivity index (χ1) is 6.71. The third-order valence-electron chi connectivity index (χ3n) is 2.81. The van der Waals surface area contributed by atoms with Gasteiger partial charge >= 0.3 is 0 Å². The van der Waals surface area contributed by atoms with E-state index in [0.717, 1.165) is 18.4 Å². The van der Waals surface area contributed by atoms with Gasteiger partial charge in [-0.15, -0.1) is 0 Å². The molecule has 0 spiro atoms. The minimum absolute atomic E-state index is 0.296. The Morgan fingerprint density at radius 3 is 2.71 bits per heavy atom. The second-order valence-corrected chi connectivity index (χ2v) is 3.78. The number of nitrogens with two attached hydrogens (primary N) is 1. The molecule has 0 saturated heterocycles. The van der Waals surface area contributed by atoms with E-state index in [1.807, 2.05) is 12.1 Å². The van der Waals surface area contributed by atoms with Crippen molar-refractivity contribution < 1.29 is 9.13 Å². The van der Waals surface area contributed by atoms with Crippen LogP contribution in [0.15, 0.2) is 18.2 Å². The molecule has 2 rings (SSSR count). The van der Waals surface area contributed by atoms with E-state index in [9.17, 15) is 4.39 Å². The Labute approximate surface area is 82.9 Å². The average Bonchev–Trinajstić information content (AvgIpc) is 2.96.